The standard InChI is InChI=1S/C13H17FN2O2/c1-8-6-9(4-5-15-8)13(18)16-11-7-10(14)2-3-12(11)17/h2-3,7-9,15,17H,4-6H2,1H3,(H,16,18)/t8-,9-/m0/s1. The normalized spacial score (nSPS) is 23.7. The van der Waals surface area contributed by atoms with Crippen LogP contribution in [0.15, 0.2) is 18.2 Å². The number of aromatic hydroxyl groups is 1. The van der Waals surface area contributed by atoms with E-state index >= 15 is 0 Å². The second-order valence-electron chi connectivity index (χ2n) is 4.73. The third-order valence-corrected chi connectivity index (χ3v) is 3.21. The van der Waals surface area contributed by atoms with E-state index in [4.69, 9.17) is 0 Å². The van der Waals surface area contributed by atoms with Gasteiger partial charge in [0.25, 0.3) is 0 Å². The molecule has 1 heterocycles. The first-order chi connectivity index (χ1) is 8.56. The maximum Gasteiger partial charge on any atom is 0.227 e. The lowest BCUT2D eigenvalue weighted by Crippen LogP contribution is -2.40. The minimum atomic E-state index is -0.484. The molecule has 1 saturated heterocycles. The highest BCUT2D eigenvalue weighted by atomic mass is 19.1. The molecule has 18 heavy (non-hydrogen) atoms. The first-order valence-electron chi connectivity index (χ1n) is 6.09. The van der Waals surface area contributed by atoms with E-state index in [0.717, 1.165) is 31.5 Å². The van der Waals surface area contributed by atoms with Crippen molar-refractivity contribution in [1.29, 1.82) is 0 Å². The Morgan fingerprint density at radius 3 is 3.06 bits per heavy atom. The van der Waals surface area contributed by atoms with Gasteiger partial charge in [-0.15, -0.1) is 0 Å². The summed E-state index contributed by atoms with van der Waals surface area (Å²) in [6.07, 6.45) is 1.51. The molecule has 1 aromatic carbocycles. The number of carbonyl (C=O) groups excluding carboxylic acids is 1. The fourth-order valence-electron chi connectivity index (χ4n) is 2.21. The van der Waals surface area contributed by atoms with Gasteiger partial charge in [-0.25, -0.2) is 4.39 Å². The topological polar surface area (TPSA) is 61.4 Å². The highest BCUT2D eigenvalue weighted by Crippen LogP contribution is 2.25. The van der Waals surface area contributed by atoms with Crippen LogP contribution in [0.4, 0.5) is 10.1 Å². The molecular weight excluding hydrogens is 235 g/mol. The zero-order chi connectivity index (χ0) is 13.1. The molecule has 98 valence electrons. The largest absolute Gasteiger partial charge is 0.506 e. The number of anilines is 1. The van der Waals surface area contributed by atoms with Gasteiger partial charge in [-0.3, -0.25) is 4.79 Å². The average Bonchev–Trinajstić information content (AvgIpc) is 2.34. The smallest absolute Gasteiger partial charge is 0.227 e. The van der Waals surface area contributed by atoms with Crippen LogP contribution in [-0.2, 0) is 4.79 Å². The summed E-state index contributed by atoms with van der Waals surface area (Å²) < 4.78 is 13.0. The summed E-state index contributed by atoms with van der Waals surface area (Å²) in [5.74, 6) is -0.860. The summed E-state index contributed by atoms with van der Waals surface area (Å²) in [7, 11) is 0. The maximum absolute atomic E-state index is 13.0. The van der Waals surface area contributed by atoms with Crippen molar-refractivity contribution in [3.63, 3.8) is 0 Å². The number of benzene rings is 1. The molecule has 0 bridgehead atoms. The van der Waals surface area contributed by atoms with Gasteiger partial charge in [0.05, 0.1) is 5.69 Å². The van der Waals surface area contributed by atoms with Crippen molar-refractivity contribution in [3.8, 4) is 5.75 Å². The molecule has 1 aromatic rings. The molecule has 1 aliphatic rings. The Bertz CT molecular complexity index is 451. The molecule has 1 amide bonds. The van der Waals surface area contributed by atoms with Gasteiger partial charge in [0, 0.05) is 18.0 Å². The highest BCUT2D eigenvalue weighted by molar-refractivity contribution is 5.93. The van der Waals surface area contributed by atoms with E-state index in [9.17, 15) is 14.3 Å². The lowest BCUT2D eigenvalue weighted by Gasteiger charge is -2.27. The number of piperidine rings is 1. The lowest BCUT2D eigenvalue weighted by molar-refractivity contribution is -0.120. The predicted molar refractivity (Wildman–Crippen MR) is 66.9 cm³/mol. The van der Waals surface area contributed by atoms with E-state index in [2.05, 4.69) is 10.6 Å². The van der Waals surface area contributed by atoms with E-state index in [0.29, 0.717) is 6.04 Å². The van der Waals surface area contributed by atoms with Crippen LogP contribution in [0.5, 0.6) is 5.75 Å². The fourth-order valence-corrected chi connectivity index (χ4v) is 2.21. The molecule has 0 spiro atoms. The van der Waals surface area contributed by atoms with E-state index in [1.807, 2.05) is 6.92 Å². The summed E-state index contributed by atoms with van der Waals surface area (Å²) in [5, 5.41) is 15.4. The Morgan fingerprint density at radius 1 is 1.56 bits per heavy atom. The van der Waals surface area contributed by atoms with E-state index in [-0.39, 0.29) is 23.3 Å². The average molecular weight is 252 g/mol. The summed E-state index contributed by atoms with van der Waals surface area (Å²) >= 11 is 0. The minimum Gasteiger partial charge on any atom is -0.506 e. The maximum atomic E-state index is 13.0. The van der Waals surface area contributed by atoms with Crippen LogP contribution in [0.1, 0.15) is 19.8 Å². The molecule has 0 radical (unpaired) electrons. The van der Waals surface area contributed by atoms with Gasteiger partial charge < -0.3 is 15.7 Å². The Balaban J connectivity index is 2.04. The van der Waals surface area contributed by atoms with Crippen LogP contribution < -0.4 is 10.6 Å². The number of carbonyl (C=O) groups is 1. The van der Waals surface area contributed by atoms with E-state index in [1.54, 1.807) is 0 Å². The number of hydrogen-bond acceptors (Lipinski definition) is 3. The quantitative estimate of drug-likeness (QED) is 0.704. The van der Waals surface area contributed by atoms with E-state index in [1.165, 1.54) is 6.07 Å². The number of halogens is 1. The molecule has 4 nitrogen and oxygen atoms in total. The highest BCUT2D eigenvalue weighted by Gasteiger charge is 2.25. The first kappa shape index (κ1) is 12.8. The van der Waals surface area contributed by atoms with Gasteiger partial charge in [0.1, 0.15) is 11.6 Å². The lowest BCUT2D eigenvalue weighted by atomic mass is 9.92. The molecule has 3 N–H and O–H groups in total. The number of amides is 1. The molecule has 0 aromatic heterocycles. The minimum absolute atomic E-state index is 0.0936. The van der Waals surface area contributed by atoms with Crippen LogP contribution in [0, 0.1) is 11.7 Å². The van der Waals surface area contributed by atoms with Crippen molar-refractivity contribution in [3.05, 3.63) is 24.0 Å². The number of hydrogen-bond donors (Lipinski definition) is 3. The van der Waals surface area contributed by atoms with Crippen LogP contribution >= 0.6 is 0 Å². The van der Waals surface area contributed by atoms with Crippen LogP contribution in [0.2, 0.25) is 0 Å². The number of nitrogens with one attached hydrogen (secondary N) is 2. The zero-order valence-corrected chi connectivity index (χ0v) is 10.2. The molecule has 0 aliphatic carbocycles. The molecule has 5 heteroatoms. The number of phenolic OH excluding ortho intramolecular Hbond substituents is 1. The molecule has 0 saturated carbocycles. The third kappa shape index (κ3) is 2.98. The van der Waals surface area contributed by atoms with Crippen LogP contribution in [0.3, 0.4) is 0 Å². The molecule has 1 fully saturated rings. The molecule has 0 unspecified atom stereocenters. The van der Waals surface area contributed by atoms with Gasteiger partial charge in [-0.2, -0.15) is 0 Å². The first-order valence-corrected chi connectivity index (χ1v) is 6.09. The summed E-state index contributed by atoms with van der Waals surface area (Å²) in [5.41, 5.74) is 0.131. The van der Waals surface area contributed by atoms with E-state index < -0.39 is 5.82 Å². The molecule has 1 aliphatic heterocycles. The van der Waals surface area contributed by atoms with Crippen molar-refractivity contribution in [2.45, 2.75) is 25.8 Å². The Morgan fingerprint density at radius 2 is 2.33 bits per heavy atom. The SMILES string of the molecule is C[C@H]1C[C@@H](C(=O)Nc2cc(F)ccc2O)CCN1. The van der Waals surface area contributed by atoms with Gasteiger partial charge >= 0.3 is 0 Å². The molecular formula is C13H17FN2O2. The number of phenols is 1. The second-order valence-corrected chi connectivity index (χ2v) is 4.73. The number of rotatable bonds is 2. The Kier molecular flexibility index (Phi) is 3.81. The second kappa shape index (κ2) is 5.35. The van der Waals surface area contributed by atoms with Gasteiger partial charge in [0.2, 0.25) is 5.91 Å². The summed E-state index contributed by atoms with van der Waals surface area (Å²) in [4.78, 5) is 12.0. The van der Waals surface area contributed by atoms with Crippen molar-refractivity contribution < 1.29 is 14.3 Å². The molecule has 2 atom stereocenters. The monoisotopic (exact) mass is 252 g/mol. The Labute approximate surface area is 105 Å². The van der Waals surface area contributed by atoms with Gasteiger partial charge in [-0.05, 0) is 38.4 Å². The van der Waals surface area contributed by atoms with Crippen molar-refractivity contribution in [2.75, 3.05) is 11.9 Å². The van der Waals surface area contributed by atoms with Crippen molar-refractivity contribution in [2.24, 2.45) is 5.92 Å². The van der Waals surface area contributed by atoms with Crippen LogP contribution in [-0.4, -0.2) is 23.6 Å². The van der Waals surface area contributed by atoms with Crippen molar-refractivity contribution >= 4 is 11.6 Å². The molecule has 2 rings (SSSR count). The third-order valence-electron chi connectivity index (χ3n) is 3.21. The van der Waals surface area contributed by atoms with Crippen molar-refractivity contribution in [1.82, 2.24) is 5.32 Å². The Hall–Kier alpha value is -1.62. The van der Waals surface area contributed by atoms with Crippen LogP contribution in [0.25, 0.3) is 0 Å². The zero-order valence-electron chi connectivity index (χ0n) is 10.2. The van der Waals surface area contributed by atoms with Gasteiger partial charge in [-0.1, -0.05) is 0 Å². The summed E-state index contributed by atoms with van der Waals surface area (Å²) in [6.45, 7) is 2.83. The fraction of sp³-hybridized carbons (Fsp3) is 0.462. The summed E-state index contributed by atoms with van der Waals surface area (Å²) in [6, 6.07) is 3.81. The van der Waals surface area contributed by atoms with Gasteiger partial charge in [0.15, 0.2) is 0 Å². The predicted octanol–water partition coefficient (Wildman–Crippen LogP) is 1.86.